The summed E-state index contributed by atoms with van der Waals surface area (Å²) in [6.45, 7) is 7.00. The Balaban J connectivity index is 2.12. The third-order valence-corrected chi connectivity index (χ3v) is 3.56. The lowest BCUT2D eigenvalue weighted by Gasteiger charge is -2.05. The SMILES string of the molecule is Cc1ccc(C(=O)Nc2nc(C)c(C(=O)OC(C)C)s2)o1. The average molecular weight is 308 g/mol. The van der Waals surface area contributed by atoms with Gasteiger partial charge in [0.2, 0.25) is 0 Å². The first-order valence-corrected chi connectivity index (χ1v) is 7.24. The maximum atomic E-state index is 11.9. The predicted molar refractivity (Wildman–Crippen MR) is 78.8 cm³/mol. The van der Waals surface area contributed by atoms with Crippen molar-refractivity contribution in [2.45, 2.75) is 33.8 Å². The normalized spacial score (nSPS) is 10.7. The Morgan fingerprint density at radius 1 is 1.33 bits per heavy atom. The molecule has 1 N–H and O–H groups in total. The van der Waals surface area contributed by atoms with E-state index < -0.39 is 11.9 Å². The van der Waals surface area contributed by atoms with Crippen LogP contribution in [-0.2, 0) is 4.74 Å². The van der Waals surface area contributed by atoms with Gasteiger partial charge in [-0.3, -0.25) is 10.1 Å². The molecular formula is C14H16N2O4S. The zero-order valence-corrected chi connectivity index (χ0v) is 13.0. The fourth-order valence-corrected chi connectivity index (χ4v) is 2.47. The lowest BCUT2D eigenvalue weighted by molar-refractivity contribution is 0.0382. The predicted octanol–water partition coefficient (Wildman–Crippen LogP) is 3.17. The molecule has 0 aromatic carbocycles. The van der Waals surface area contributed by atoms with E-state index in [2.05, 4.69) is 10.3 Å². The zero-order valence-electron chi connectivity index (χ0n) is 12.2. The first kappa shape index (κ1) is 15.2. The molecule has 0 atom stereocenters. The van der Waals surface area contributed by atoms with Gasteiger partial charge in [-0.25, -0.2) is 9.78 Å². The maximum Gasteiger partial charge on any atom is 0.350 e. The third-order valence-electron chi connectivity index (χ3n) is 2.51. The summed E-state index contributed by atoms with van der Waals surface area (Å²) in [5.41, 5.74) is 0.525. The van der Waals surface area contributed by atoms with Crippen LogP contribution in [0.2, 0.25) is 0 Å². The van der Waals surface area contributed by atoms with Crippen molar-refractivity contribution < 1.29 is 18.7 Å². The second kappa shape index (κ2) is 6.09. The molecule has 0 fully saturated rings. The van der Waals surface area contributed by atoms with Crippen molar-refractivity contribution in [3.63, 3.8) is 0 Å². The third kappa shape index (κ3) is 3.69. The standard InChI is InChI=1S/C14H16N2O4S/c1-7(2)19-13(18)11-9(4)15-14(21-11)16-12(17)10-6-5-8(3)20-10/h5-7H,1-4H3,(H,15,16,17). The lowest BCUT2D eigenvalue weighted by Crippen LogP contribution is -2.11. The molecule has 0 saturated heterocycles. The number of hydrogen-bond acceptors (Lipinski definition) is 6. The number of rotatable bonds is 4. The Bertz CT molecular complexity index is 672. The van der Waals surface area contributed by atoms with Crippen molar-refractivity contribution in [2.24, 2.45) is 0 Å². The molecule has 2 aromatic heterocycles. The van der Waals surface area contributed by atoms with Gasteiger partial charge in [0.25, 0.3) is 5.91 Å². The van der Waals surface area contributed by atoms with Crippen molar-refractivity contribution in [3.05, 3.63) is 34.2 Å². The van der Waals surface area contributed by atoms with Crippen molar-refractivity contribution in [3.8, 4) is 0 Å². The summed E-state index contributed by atoms with van der Waals surface area (Å²) < 4.78 is 10.4. The van der Waals surface area contributed by atoms with E-state index in [4.69, 9.17) is 9.15 Å². The van der Waals surface area contributed by atoms with Gasteiger partial charge in [-0.05, 0) is 39.8 Å². The van der Waals surface area contributed by atoms with Crippen LogP contribution in [-0.4, -0.2) is 23.0 Å². The summed E-state index contributed by atoms with van der Waals surface area (Å²) in [6.07, 6.45) is -0.205. The van der Waals surface area contributed by atoms with Gasteiger partial charge in [0, 0.05) is 0 Å². The molecule has 0 unspecified atom stereocenters. The molecule has 0 bridgehead atoms. The quantitative estimate of drug-likeness (QED) is 0.877. The van der Waals surface area contributed by atoms with Crippen LogP contribution in [0.3, 0.4) is 0 Å². The van der Waals surface area contributed by atoms with Gasteiger partial charge in [-0.15, -0.1) is 0 Å². The molecule has 1 amide bonds. The van der Waals surface area contributed by atoms with Crippen LogP contribution >= 0.6 is 11.3 Å². The minimum atomic E-state index is -0.436. The van der Waals surface area contributed by atoms with Crippen molar-refractivity contribution in [1.29, 1.82) is 0 Å². The number of ether oxygens (including phenoxy) is 1. The number of furan rings is 1. The molecule has 7 heteroatoms. The van der Waals surface area contributed by atoms with Crippen LogP contribution in [0.4, 0.5) is 5.13 Å². The van der Waals surface area contributed by atoms with E-state index in [0.717, 1.165) is 11.3 Å². The molecule has 0 radical (unpaired) electrons. The van der Waals surface area contributed by atoms with E-state index in [1.54, 1.807) is 39.8 Å². The fourth-order valence-electron chi connectivity index (χ4n) is 1.62. The van der Waals surface area contributed by atoms with Crippen molar-refractivity contribution in [1.82, 2.24) is 4.98 Å². The van der Waals surface area contributed by atoms with E-state index >= 15 is 0 Å². The Labute approximate surface area is 126 Å². The molecule has 6 nitrogen and oxygen atoms in total. The highest BCUT2D eigenvalue weighted by Gasteiger charge is 2.19. The van der Waals surface area contributed by atoms with Crippen LogP contribution in [0.1, 0.15) is 45.5 Å². The summed E-state index contributed by atoms with van der Waals surface area (Å²) in [5.74, 6) is 0.0123. The van der Waals surface area contributed by atoms with E-state index in [1.807, 2.05) is 0 Å². The molecule has 2 aromatic rings. The molecule has 0 saturated carbocycles. The summed E-state index contributed by atoms with van der Waals surface area (Å²) >= 11 is 1.08. The van der Waals surface area contributed by atoms with Crippen LogP contribution in [0.25, 0.3) is 0 Å². The number of aromatic nitrogens is 1. The van der Waals surface area contributed by atoms with Gasteiger partial charge in [-0.1, -0.05) is 11.3 Å². The Morgan fingerprint density at radius 2 is 2.05 bits per heavy atom. The van der Waals surface area contributed by atoms with Crippen molar-refractivity contribution >= 4 is 28.3 Å². The molecular weight excluding hydrogens is 292 g/mol. The summed E-state index contributed by atoms with van der Waals surface area (Å²) in [6, 6.07) is 3.28. The van der Waals surface area contributed by atoms with Crippen LogP contribution < -0.4 is 5.32 Å². The first-order chi connectivity index (χ1) is 9.86. The molecule has 0 aliphatic rings. The van der Waals surface area contributed by atoms with E-state index in [9.17, 15) is 9.59 Å². The molecule has 0 aliphatic heterocycles. The average Bonchev–Trinajstić information content (AvgIpc) is 2.95. The Morgan fingerprint density at radius 3 is 2.62 bits per heavy atom. The smallest absolute Gasteiger partial charge is 0.350 e. The molecule has 112 valence electrons. The van der Waals surface area contributed by atoms with Crippen LogP contribution in [0, 0.1) is 13.8 Å². The molecule has 2 heterocycles. The van der Waals surface area contributed by atoms with Gasteiger partial charge >= 0.3 is 5.97 Å². The zero-order chi connectivity index (χ0) is 15.6. The number of carbonyl (C=O) groups is 2. The number of thiazole rings is 1. The van der Waals surface area contributed by atoms with E-state index in [0.29, 0.717) is 21.5 Å². The van der Waals surface area contributed by atoms with Crippen molar-refractivity contribution in [2.75, 3.05) is 5.32 Å². The van der Waals surface area contributed by atoms with E-state index in [-0.39, 0.29) is 11.9 Å². The monoisotopic (exact) mass is 308 g/mol. The van der Waals surface area contributed by atoms with Gasteiger partial charge in [0.15, 0.2) is 10.9 Å². The lowest BCUT2D eigenvalue weighted by atomic mass is 10.4. The number of amides is 1. The van der Waals surface area contributed by atoms with Crippen LogP contribution in [0.15, 0.2) is 16.5 Å². The van der Waals surface area contributed by atoms with Gasteiger partial charge in [0.1, 0.15) is 10.6 Å². The Hall–Kier alpha value is -2.15. The second-order valence-corrected chi connectivity index (χ2v) is 5.75. The highest BCUT2D eigenvalue weighted by atomic mass is 32.1. The molecule has 0 aliphatic carbocycles. The molecule has 21 heavy (non-hydrogen) atoms. The van der Waals surface area contributed by atoms with E-state index in [1.165, 1.54) is 0 Å². The summed E-state index contributed by atoms with van der Waals surface area (Å²) in [7, 11) is 0. The number of nitrogens with one attached hydrogen (secondary N) is 1. The molecule has 2 rings (SSSR count). The second-order valence-electron chi connectivity index (χ2n) is 4.75. The first-order valence-electron chi connectivity index (χ1n) is 6.43. The number of aryl methyl sites for hydroxylation is 2. The molecule has 0 spiro atoms. The number of nitrogens with zero attached hydrogens (tertiary/aromatic N) is 1. The van der Waals surface area contributed by atoms with Gasteiger partial charge in [-0.2, -0.15) is 0 Å². The van der Waals surface area contributed by atoms with Gasteiger partial charge < -0.3 is 9.15 Å². The highest BCUT2D eigenvalue weighted by Crippen LogP contribution is 2.24. The number of esters is 1. The minimum absolute atomic E-state index is 0.201. The number of anilines is 1. The fraction of sp³-hybridized carbons (Fsp3) is 0.357. The minimum Gasteiger partial charge on any atom is -0.459 e. The summed E-state index contributed by atoms with van der Waals surface area (Å²) in [4.78, 5) is 28.3. The largest absolute Gasteiger partial charge is 0.459 e. The van der Waals surface area contributed by atoms with Gasteiger partial charge in [0.05, 0.1) is 11.8 Å². The number of carbonyl (C=O) groups excluding carboxylic acids is 2. The Kier molecular flexibility index (Phi) is 4.42. The number of hydrogen-bond donors (Lipinski definition) is 1. The maximum absolute atomic E-state index is 11.9. The highest BCUT2D eigenvalue weighted by molar-refractivity contribution is 7.17. The van der Waals surface area contributed by atoms with Crippen LogP contribution in [0.5, 0.6) is 0 Å². The topological polar surface area (TPSA) is 81.4 Å². The summed E-state index contributed by atoms with van der Waals surface area (Å²) in [5, 5.41) is 2.94.